The second kappa shape index (κ2) is 7.57. The van der Waals surface area contributed by atoms with E-state index in [0.717, 1.165) is 35.8 Å². The number of aromatic nitrogens is 1. The number of thiazole rings is 1. The van der Waals surface area contributed by atoms with Crippen molar-refractivity contribution in [2.75, 3.05) is 19.8 Å². The zero-order valence-electron chi connectivity index (χ0n) is 13.1. The summed E-state index contributed by atoms with van der Waals surface area (Å²) in [4.78, 5) is 16.6. The Labute approximate surface area is 139 Å². The summed E-state index contributed by atoms with van der Waals surface area (Å²) < 4.78 is 10.9. The highest BCUT2D eigenvalue weighted by atomic mass is 32.1. The Morgan fingerprint density at radius 1 is 1.43 bits per heavy atom. The van der Waals surface area contributed by atoms with E-state index in [1.165, 1.54) is 11.3 Å². The van der Waals surface area contributed by atoms with Crippen LogP contribution in [0, 0.1) is 0 Å². The van der Waals surface area contributed by atoms with E-state index in [0.29, 0.717) is 18.8 Å². The molecule has 6 heteroatoms. The van der Waals surface area contributed by atoms with Gasteiger partial charge in [0, 0.05) is 24.1 Å². The van der Waals surface area contributed by atoms with Gasteiger partial charge in [-0.1, -0.05) is 0 Å². The van der Waals surface area contributed by atoms with Gasteiger partial charge in [0.1, 0.15) is 16.5 Å². The molecule has 2 heterocycles. The van der Waals surface area contributed by atoms with Gasteiger partial charge >= 0.3 is 0 Å². The largest absolute Gasteiger partial charge is 0.494 e. The van der Waals surface area contributed by atoms with Crippen LogP contribution in [0.5, 0.6) is 5.75 Å². The molecule has 0 spiro atoms. The number of hydrogen-bond acceptors (Lipinski definition) is 5. The summed E-state index contributed by atoms with van der Waals surface area (Å²) in [5.41, 5.74) is 1.44. The van der Waals surface area contributed by atoms with Crippen LogP contribution in [0.3, 0.4) is 0 Å². The molecule has 5 nitrogen and oxygen atoms in total. The minimum atomic E-state index is -0.145. The molecule has 0 bridgehead atoms. The van der Waals surface area contributed by atoms with Crippen molar-refractivity contribution in [2.24, 2.45) is 0 Å². The van der Waals surface area contributed by atoms with Crippen LogP contribution in [0.2, 0.25) is 0 Å². The van der Waals surface area contributed by atoms with E-state index in [4.69, 9.17) is 9.47 Å². The monoisotopic (exact) mass is 332 g/mol. The zero-order valence-corrected chi connectivity index (χ0v) is 13.9. The highest BCUT2D eigenvalue weighted by Gasteiger charge is 2.18. The van der Waals surface area contributed by atoms with Crippen molar-refractivity contribution >= 4 is 17.2 Å². The number of ether oxygens (including phenoxy) is 2. The minimum Gasteiger partial charge on any atom is -0.494 e. The normalized spacial score (nSPS) is 17.2. The van der Waals surface area contributed by atoms with E-state index in [9.17, 15) is 4.79 Å². The molecule has 1 aromatic carbocycles. The first-order chi connectivity index (χ1) is 11.3. The molecule has 1 aromatic heterocycles. The third kappa shape index (κ3) is 4.09. The van der Waals surface area contributed by atoms with Gasteiger partial charge in [0.25, 0.3) is 5.91 Å². The predicted octanol–water partition coefficient (Wildman–Crippen LogP) is 3.12. The van der Waals surface area contributed by atoms with Crippen molar-refractivity contribution in [2.45, 2.75) is 25.9 Å². The molecule has 23 heavy (non-hydrogen) atoms. The smallest absolute Gasteiger partial charge is 0.270 e. The first-order valence-corrected chi connectivity index (χ1v) is 8.73. The molecule has 1 N–H and O–H groups in total. The highest BCUT2D eigenvalue weighted by molar-refractivity contribution is 7.13. The lowest BCUT2D eigenvalue weighted by Gasteiger charge is -2.09. The Morgan fingerprint density at radius 2 is 2.26 bits per heavy atom. The third-order valence-electron chi connectivity index (χ3n) is 3.66. The van der Waals surface area contributed by atoms with Gasteiger partial charge in [-0.15, -0.1) is 11.3 Å². The van der Waals surface area contributed by atoms with Crippen molar-refractivity contribution in [3.63, 3.8) is 0 Å². The average Bonchev–Trinajstić information content (AvgIpc) is 3.25. The fourth-order valence-electron chi connectivity index (χ4n) is 2.47. The molecule has 1 atom stereocenters. The summed E-state index contributed by atoms with van der Waals surface area (Å²) >= 11 is 1.46. The lowest BCUT2D eigenvalue weighted by Crippen LogP contribution is -2.31. The molecule has 0 aliphatic carbocycles. The van der Waals surface area contributed by atoms with Crippen molar-refractivity contribution in [1.29, 1.82) is 0 Å². The molecule has 3 rings (SSSR count). The van der Waals surface area contributed by atoms with Crippen molar-refractivity contribution in [3.8, 4) is 16.3 Å². The van der Waals surface area contributed by atoms with Crippen molar-refractivity contribution in [3.05, 3.63) is 35.3 Å². The molecule has 1 aliphatic heterocycles. The van der Waals surface area contributed by atoms with Crippen molar-refractivity contribution in [1.82, 2.24) is 10.3 Å². The summed E-state index contributed by atoms with van der Waals surface area (Å²) in [5, 5.41) is 5.51. The van der Waals surface area contributed by atoms with Crippen LogP contribution in [-0.2, 0) is 4.74 Å². The van der Waals surface area contributed by atoms with Gasteiger partial charge in [0.15, 0.2) is 0 Å². The summed E-state index contributed by atoms with van der Waals surface area (Å²) in [6.45, 7) is 3.94. The summed E-state index contributed by atoms with van der Waals surface area (Å²) in [6.07, 6.45) is 2.22. The number of rotatable bonds is 6. The van der Waals surface area contributed by atoms with Crippen LogP contribution < -0.4 is 10.1 Å². The SMILES string of the molecule is CCOc1ccc(-c2nc(C(=O)NC[C@H]3CCCO3)cs2)cc1. The van der Waals surface area contributed by atoms with E-state index in [1.54, 1.807) is 5.38 Å². The second-order valence-corrected chi connectivity index (χ2v) is 6.20. The number of nitrogens with one attached hydrogen (secondary N) is 1. The molecular formula is C17H20N2O3S. The van der Waals surface area contributed by atoms with Gasteiger partial charge in [-0.05, 0) is 44.0 Å². The molecule has 0 unspecified atom stereocenters. The minimum absolute atomic E-state index is 0.142. The maximum absolute atomic E-state index is 12.1. The van der Waals surface area contributed by atoms with Crippen LogP contribution >= 0.6 is 11.3 Å². The topological polar surface area (TPSA) is 60.5 Å². The van der Waals surface area contributed by atoms with E-state index in [-0.39, 0.29) is 12.0 Å². The Morgan fingerprint density at radius 3 is 2.96 bits per heavy atom. The fraction of sp³-hybridized carbons (Fsp3) is 0.412. The highest BCUT2D eigenvalue weighted by Crippen LogP contribution is 2.25. The van der Waals surface area contributed by atoms with Gasteiger partial charge in [-0.3, -0.25) is 4.79 Å². The average molecular weight is 332 g/mol. The molecule has 0 saturated carbocycles. The van der Waals surface area contributed by atoms with Crippen LogP contribution in [-0.4, -0.2) is 36.8 Å². The molecule has 1 amide bonds. The van der Waals surface area contributed by atoms with E-state index in [1.807, 2.05) is 31.2 Å². The molecule has 0 radical (unpaired) electrons. The van der Waals surface area contributed by atoms with Crippen LogP contribution in [0.15, 0.2) is 29.6 Å². The fourth-order valence-corrected chi connectivity index (χ4v) is 3.28. The van der Waals surface area contributed by atoms with Crippen LogP contribution in [0.4, 0.5) is 0 Å². The quantitative estimate of drug-likeness (QED) is 0.883. The third-order valence-corrected chi connectivity index (χ3v) is 4.55. The Bertz CT molecular complexity index is 648. The van der Waals surface area contributed by atoms with Crippen LogP contribution in [0.25, 0.3) is 10.6 Å². The van der Waals surface area contributed by atoms with E-state index < -0.39 is 0 Å². The lowest BCUT2D eigenvalue weighted by atomic mass is 10.2. The first-order valence-electron chi connectivity index (χ1n) is 7.85. The first kappa shape index (κ1) is 16.0. The van der Waals surface area contributed by atoms with Crippen LogP contribution in [0.1, 0.15) is 30.3 Å². The number of nitrogens with zero attached hydrogens (tertiary/aromatic N) is 1. The Balaban J connectivity index is 1.61. The second-order valence-electron chi connectivity index (χ2n) is 5.34. The number of benzene rings is 1. The van der Waals surface area contributed by atoms with E-state index >= 15 is 0 Å². The number of amides is 1. The maximum atomic E-state index is 12.1. The number of carbonyl (C=O) groups is 1. The van der Waals surface area contributed by atoms with E-state index in [2.05, 4.69) is 10.3 Å². The molecule has 122 valence electrons. The van der Waals surface area contributed by atoms with Gasteiger partial charge in [0.2, 0.25) is 0 Å². The lowest BCUT2D eigenvalue weighted by molar-refractivity contribution is 0.0854. The zero-order chi connectivity index (χ0) is 16.1. The predicted molar refractivity (Wildman–Crippen MR) is 90.0 cm³/mol. The molecule has 1 aliphatic rings. The van der Waals surface area contributed by atoms with Gasteiger partial charge in [-0.2, -0.15) is 0 Å². The molecular weight excluding hydrogens is 312 g/mol. The number of hydrogen-bond donors (Lipinski definition) is 1. The van der Waals surface area contributed by atoms with Crippen molar-refractivity contribution < 1.29 is 14.3 Å². The summed E-state index contributed by atoms with van der Waals surface area (Å²) in [5.74, 6) is 0.691. The summed E-state index contributed by atoms with van der Waals surface area (Å²) in [6, 6.07) is 7.74. The van der Waals surface area contributed by atoms with Gasteiger partial charge in [0.05, 0.1) is 12.7 Å². The Hall–Kier alpha value is -1.92. The summed E-state index contributed by atoms with van der Waals surface area (Å²) in [7, 11) is 0. The maximum Gasteiger partial charge on any atom is 0.270 e. The number of carbonyl (C=O) groups excluding carboxylic acids is 1. The molecule has 2 aromatic rings. The van der Waals surface area contributed by atoms with Gasteiger partial charge in [-0.25, -0.2) is 4.98 Å². The molecule has 1 fully saturated rings. The van der Waals surface area contributed by atoms with Gasteiger partial charge < -0.3 is 14.8 Å². The standard InChI is InChI=1S/C17H20N2O3S/c1-2-21-13-7-5-12(6-8-13)17-19-15(11-23-17)16(20)18-10-14-4-3-9-22-14/h5-8,11,14H,2-4,9-10H2,1H3,(H,18,20)/t14-/m1/s1. The molecule has 1 saturated heterocycles. The Kier molecular flexibility index (Phi) is 5.25.